The number of nitrogens with one attached hydrogen (secondary N) is 1. The van der Waals surface area contributed by atoms with Crippen LogP contribution in [-0.2, 0) is 6.42 Å². The summed E-state index contributed by atoms with van der Waals surface area (Å²) in [6, 6.07) is 3.44. The fourth-order valence-electron chi connectivity index (χ4n) is 2.62. The molecule has 2 aromatic rings. The Hall–Kier alpha value is -1.97. The summed E-state index contributed by atoms with van der Waals surface area (Å²) in [7, 11) is 0. The summed E-state index contributed by atoms with van der Waals surface area (Å²) in [5, 5.41) is 19.4. The van der Waals surface area contributed by atoms with Crippen LogP contribution in [-0.4, -0.2) is 20.2 Å². The summed E-state index contributed by atoms with van der Waals surface area (Å²) < 4.78 is 0. The van der Waals surface area contributed by atoms with E-state index in [1.54, 1.807) is 12.3 Å². The molecule has 0 amide bonds. The third kappa shape index (κ3) is 1.56. The van der Waals surface area contributed by atoms with Crippen LogP contribution in [0.3, 0.4) is 0 Å². The van der Waals surface area contributed by atoms with Crippen molar-refractivity contribution in [3.05, 3.63) is 41.5 Å². The zero-order chi connectivity index (χ0) is 11.8. The minimum absolute atomic E-state index is 0.0266. The maximum Gasteiger partial charge on any atom is 0.160 e. The van der Waals surface area contributed by atoms with Gasteiger partial charge in [-0.3, -0.25) is 0 Å². The van der Waals surface area contributed by atoms with Crippen molar-refractivity contribution in [2.45, 2.75) is 25.2 Å². The standard InChI is InChI=1S/C13H14N2O2/c16-11-5-4-8-9(12(11)17)2-1-3-10(8)13-14-6-7-15-13/h4-7,10,16-17H,1-3H2,(H,14,15). The SMILES string of the molecule is Oc1ccc2c(c1O)CCCC2c1ncc[nH]1. The van der Waals surface area contributed by atoms with Gasteiger partial charge in [-0.15, -0.1) is 0 Å². The smallest absolute Gasteiger partial charge is 0.160 e. The van der Waals surface area contributed by atoms with Crippen LogP contribution in [0.25, 0.3) is 0 Å². The minimum Gasteiger partial charge on any atom is -0.504 e. The number of imidazole rings is 1. The average Bonchev–Trinajstić information content (AvgIpc) is 2.87. The number of rotatable bonds is 1. The molecule has 17 heavy (non-hydrogen) atoms. The maximum atomic E-state index is 9.88. The summed E-state index contributed by atoms with van der Waals surface area (Å²) in [5.74, 6) is 1.11. The van der Waals surface area contributed by atoms with Gasteiger partial charge in [0.05, 0.1) is 0 Å². The Balaban J connectivity index is 2.12. The highest BCUT2D eigenvalue weighted by atomic mass is 16.3. The van der Waals surface area contributed by atoms with Crippen LogP contribution in [0.2, 0.25) is 0 Å². The van der Waals surface area contributed by atoms with Gasteiger partial charge in [0.15, 0.2) is 11.5 Å². The molecule has 4 heteroatoms. The molecule has 3 N–H and O–H groups in total. The monoisotopic (exact) mass is 230 g/mol. The van der Waals surface area contributed by atoms with Gasteiger partial charge in [-0.2, -0.15) is 0 Å². The molecular formula is C13H14N2O2. The number of hydrogen-bond acceptors (Lipinski definition) is 3. The highest BCUT2D eigenvalue weighted by molar-refractivity contribution is 5.52. The molecule has 0 saturated heterocycles. The second-order valence-corrected chi connectivity index (χ2v) is 4.42. The van der Waals surface area contributed by atoms with E-state index < -0.39 is 0 Å². The number of benzene rings is 1. The van der Waals surface area contributed by atoms with Crippen LogP contribution in [0.4, 0.5) is 0 Å². The first-order valence-electron chi connectivity index (χ1n) is 5.80. The number of phenolic OH excluding ortho intramolecular Hbond substituents is 2. The quantitative estimate of drug-likeness (QED) is 0.658. The van der Waals surface area contributed by atoms with E-state index in [-0.39, 0.29) is 17.4 Å². The molecular weight excluding hydrogens is 216 g/mol. The molecule has 0 bridgehead atoms. The molecule has 1 aromatic carbocycles. The molecule has 3 rings (SSSR count). The predicted molar refractivity (Wildman–Crippen MR) is 63.1 cm³/mol. The lowest BCUT2D eigenvalue weighted by molar-refractivity contribution is 0.394. The van der Waals surface area contributed by atoms with Gasteiger partial charge in [0.1, 0.15) is 5.82 Å². The minimum atomic E-state index is -0.0381. The van der Waals surface area contributed by atoms with Gasteiger partial charge < -0.3 is 15.2 Å². The normalized spacial score (nSPS) is 18.9. The Kier molecular flexibility index (Phi) is 2.28. The number of phenols is 2. The molecule has 1 unspecified atom stereocenters. The van der Waals surface area contributed by atoms with Gasteiger partial charge >= 0.3 is 0 Å². The Bertz CT molecular complexity index is 535. The Morgan fingerprint density at radius 3 is 2.94 bits per heavy atom. The zero-order valence-electron chi connectivity index (χ0n) is 9.35. The molecule has 1 heterocycles. The fourth-order valence-corrected chi connectivity index (χ4v) is 2.62. The zero-order valence-corrected chi connectivity index (χ0v) is 9.35. The van der Waals surface area contributed by atoms with E-state index in [0.29, 0.717) is 0 Å². The maximum absolute atomic E-state index is 9.88. The highest BCUT2D eigenvalue weighted by Crippen LogP contribution is 2.42. The van der Waals surface area contributed by atoms with Crippen molar-refractivity contribution in [1.29, 1.82) is 0 Å². The van der Waals surface area contributed by atoms with E-state index in [2.05, 4.69) is 9.97 Å². The largest absolute Gasteiger partial charge is 0.504 e. The number of fused-ring (bicyclic) bond motifs is 1. The first-order valence-corrected chi connectivity index (χ1v) is 5.80. The fraction of sp³-hybridized carbons (Fsp3) is 0.308. The van der Waals surface area contributed by atoms with E-state index >= 15 is 0 Å². The molecule has 0 fully saturated rings. The van der Waals surface area contributed by atoms with Gasteiger partial charge in [-0.1, -0.05) is 6.07 Å². The van der Waals surface area contributed by atoms with E-state index in [1.165, 1.54) is 0 Å². The highest BCUT2D eigenvalue weighted by Gasteiger charge is 2.26. The Labute approximate surface area is 99.0 Å². The average molecular weight is 230 g/mol. The molecule has 0 radical (unpaired) electrons. The molecule has 0 saturated carbocycles. The number of aromatic nitrogens is 2. The number of nitrogens with zero attached hydrogens (tertiary/aromatic N) is 1. The summed E-state index contributed by atoms with van der Waals surface area (Å²) in [6.45, 7) is 0. The van der Waals surface area contributed by atoms with Crippen LogP contribution in [0.5, 0.6) is 11.5 Å². The lowest BCUT2D eigenvalue weighted by Crippen LogP contribution is -2.12. The van der Waals surface area contributed by atoms with E-state index in [4.69, 9.17) is 0 Å². The summed E-state index contributed by atoms with van der Waals surface area (Å²) in [6.07, 6.45) is 6.38. The molecule has 88 valence electrons. The molecule has 1 aliphatic rings. The number of H-pyrrole nitrogens is 1. The van der Waals surface area contributed by atoms with Crippen molar-refractivity contribution >= 4 is 0 Å². The Morgan fingerprint density at radius 2 is 2.18 bits per heavy atom. The first-order chi connectivity index (χ1) is 8.27. The summed E-state index contributed by atoms with van der Waals surface area (Å²) in [5.41, 5.74) is 1.93. The van der Waals surface area contributed by atoms with Crippen molar-refractivity contribution in [3.8, 4) is 11.5 Å². The van der Waals surface area contributed by atoms with Crippen LogP contribution in [0.1, 0.15) is 35.7 Å². The topological polar surface area (TPSA) is 69.1 Å². The van der Waals surface area contributed by atoms with Crippen LogP contribution in [0, 0.1) is 0 Å². The van der Waals surface area contributed by atoms with Crippen molar-refractivity contribution in [1.82, 2.24) is 9.97 Å². The second kappa shape index (κ2) is 3.80. The van der Waals surface area contributed by atoms with Gasteiger partial charge in [-0.05, 0) is 30.9 Å². The van der Waals surface area contributed by atoms with E-state index in [0.717, 1.165) is 36.2 Å². The van der Waals surface area contributed by atoms with Crippen molar-refractivity contribution < 1.29 is 10.2 Å². The molecule has 0 aliphatic heterocycles. The van der Waals surface area contributed by atoms with Crippen molar-refractivity contribution in [2.24, 2.45) is 0 Å². The van der Waals surface area contributed by atoms with E-state index in [1.807, 2.05) is 12.3 Å². The third-order valence-electron chi connectivity index (χ3n) is 3.44. The number of hydrogen-bond donors (Lipinski definition) is 3. The number of aromatic amines is 1. The molecule has 1 atom stereocenters. The second-order valence-electron chi connectivity index (χ2n) is 4.42. The van der Waals surface area contributed by atoms with Crippen LogP contribution in [0.15, 0.2) is 24.5 Å². The van der Waals surface area contributed by atoms with Crippen molar-refractivity contribution in [2.75, 3.05) is 0 Å². The van der Waals surface area contributed by atoms with Gasteiger partial charge in [-0.25, -0.2) is 4.98 Å². The lowest BCUT2D eigenvalue weighted by atomic mass is 9.82. The molecule has 0 spiro atoms. The molecule has 4 nitrogen and oxygen atoms in total. The molecule has 1 aliphatic carbocycles. The molecule has 1 aromatic heterocycles. The third-order valence-corrected chi connectivity index (χ3v) is 3.44. The van der Waals surface area contributed by atoms with Crippen LogP contribution < -0.4 is 0 Å². The first kappa shape index (κ1) is 10.2. The van der Waals surface area contributed by atoms with Crippen molar-refractivity contribution in [3.63, 3.8) is 0 Å². The summed E-state index contributed by atoms with van der Waals surface area (Å²) >= 11 is 0. The Morgan fingerprint density at radius 1 is 1.29 bits per heavy atom. The van der Waals surface area contributed by atoms with Gasteiger partial charge in [0.25, 0.3) is 0 Å². The summed E-state index contributed by atoms with van der Waals surface area (Å²) in [4.78, 5) is 7.42. The van der Waals surface area contributed by atoms with Gasteiger partial charge in [0, 0.05) is 23.9 Å². The van der Waals surface area contributed by atoms with Gasteiger partial charge in [0.2, 0.25) is 0 Å². The lowest BCUT2D eigenvalue weighted by Gasteiger charge is -2.24. The predicted octanol–water partition coefficient (Wildman–Crippen LogP) is 2.29. The van der Waals surface area contributed by atoms with Crippen LogP contribution >= 0.6 is 0 Å². The van der Waals surface area contributed by atoms with E-state index in [9.17, 15) is 10.2 Å². The number of aromatic hydroxyl groups is 2.